The van der Waals surface area contributed by atoms with Crippen molar-refractivity contribution < 1.29 is 28.7 Å². The Morgan fingerprint density at radius 1 is 1.25 bits per heavy atom. The number of nitrogens with zero attached hydrogens (tertiary/aromatic N) is 3. The summed E-state index contributed by atoms with van der Waals surface area (Å²) in [6.45, 7) is 7.70. The zero-order valence-electron chi connectivity index (χ0n) is 19.5. The molecule has 32 heavy (non-hydrogen) atoms. The van der Waals surface area contributed by atoms with Crippen LogP contribution in [0.15, 0.2) is 24.4 Å². The van der Waals surface area contributed by atoms with E-state index in [2.05, 4.69) is 4.90 Å². The minimum absolute atomic E-state index is 0.135. The fourth-order valence-corrected chi connectivity index (χ4v) is 3.59. The van der Waals surface area contributed by atoms with Crippen LogP contribution in [0, 0.1) is 0 Å². The number of carbonyl (C=O) groups excluding carboxylic acids is 3. The van der Waals surface area contributed by atoms with Gasteiger partial charge in [0.15, 0.2) is 0 Å². The summed E-state index contributed by atoms with van der Waals surface area (Å²) in [5, 5.41) is 1.94. The Bertz CT molecular complexity index is 1020. The average molecular weight is 446 g/mol. The molecule has 9 heteroatoms. The molecule has 1 unspecified atom stereocenters. The van der Waals surface area contributed by atoms with Crippen LogP contribution in [-0.2, 0) is 31.9 Å². The van der Waals surface area contributed by atoms with E-state index in [0.717, 1.165) is 40.1 Å². The van der Waals surface area contributed by atoms with Gasteiger partial charge in [-0.2, -0.15) is 0 Å². The lowest BCUT2D eigenvalue weighted by Crippen LogP contribution is -2.36. The number of hydrogen-bond donors (Lipinski definition) is 0. The molecule has 1 aliphatic rings. The number of fused-ring (bicyclic) bond motifs is 1. The van der Waals surface area contributed by atoms with Crippen LogP contribution < -0.4 is 0 Å². The van der Waals surface area contributed by atoms with Crippen molar-refractivity contribution in [1.82, 2.24) is 14.5 Å². The third-order valence-corrected chi connectivity index (χ3v) is 4.98. The van der Waals surface area contributed by atoms with E-state index in [4.69, 9.17) is 14.3 Å². The predicted molar refractivity (Wildman–Crippen MR) is 118 cm³/mol. The van der Waals surface area contributed by atoms with Crippen molar-refractivity contribution in [2.24, 2.45) is 0 Å². The number of aromatic nitrogens is 1. The van der Waals surface area contributed by atoms with Crippen LogP contribution in [0.4, 0.5) is 9.59 Å². The molecule has 1 amide bonds. The Balaban J connectivity index is 1.93. The lowest BCUT2D eigenvalue weighted by molar-refractivity contribution is -0.177. The number of likely N-dealkylation sites (N-methyl/N-ethyl adjacent to an activating group) is 1. The number of amides is 1. The molecular weight excluding hydrogens is 414 g/mol. The third-order valence-electron chi connectivity index (χ3n) is 4.98. The predicted octanol–water partition coefficient (Wildman–Crippen LogP) is 3.37. The van der Waals surface area contributed by atoms with E-state index in [1.54, 1.807) is 4.57 Å². The summed E-state index contributed by atoms with van der Waals surface area (Å²) >= 11 is 0. The summed E-state index contributed by atoms with van der Waals surface area (Å²) in [4.78, 5) is 43.1. The van der Waals surface area contributed by atoms with Gasteiger partial charge in [0.05, 0.1) is 5.52 Å². The monoisotopic (exact) mass is 445 g/mol. The molecule has 1 aliphatic heterocycles. The molecule has 2 heterocycles. The molecule has 1 atom stereocenters. The largest absolute Gasteiger partial charge is 0.445 e. The number of carbonyl (C=O) groups is 3. The van der Waals surface area contributed by atoms with Crippen molar-refractivity contribution in [3.05, 3.63) is 35.5 Å². The smallest absolute Gasteiger partial charge is 0.443 e. The molecule has 0 saturated carbocycles. The second-order valence-corrected chi connectivity index (χ2v) is 9.25. The molecule has 1 saturated heterocycles. The van der Waals surface area contributed by atoms with Crippen LogP contribution in [0.1, 0.15) is 38.8 Å². The second kappa shape index (κ2) is 9.20. The van der Waals surface area contributed by atoms with E-state index in [-0.39, 0.29) is 6.61 Å². The van der Waals surface area contributed by atoms with Gasteiger partial charge in [-0.15, -0.1) is 5.06 Å². The summed E-state index contributed by atoms with van der Waals surface area (Å²) < 4.78 is 12.2. The molecule has 0 N–H and O–H groups in total. The van der Waals surface area contributed by atoms with Gasteiger partial charge >= 0.3 is 18.2 Å². The first-order chi connectivity index (χ1) is 14.9. The zero-order chi connectivity index (χ0) is 23.6. The Morgan fingerprint density at radius 2 is 1.97 bits per heavy atom. The molecule has 2 aromatic rings. The molecule has 0 bridgehead atoms. The van der Waals surface area contributed by atoms with Crippen molar-refractivity contribution in [3.63, 3.8) is 0 Å². The number of cyclic esters (lactones) is 1. The standard InChI is InChI=1S/C23H31N3O6/c1-15(27)32-26-18(14-30-22(26)29)11-16-7-8-20-19(12-16)17(9-10-24(5)6)13-25(20)21(28)31-23(2,3)4/h7-8,12-13,18H,9-11,14H2,1-6H3. The van der Waals surface area contributed by atoms with Crippen molar-refractivity contribution >= 4 is 29.1 Å². The van der Waals surface area contributed by atoms with Gasteiger partial charge < -0.3 is 19.2 Å². The Morgan fingerprint density at radius 3 is 2.59 bits per heavy atom. The van der Waals surface area contributed by atoms with Crippen LogP contribution in [0.5, 0.6) is 0 Å². The highest BCUT2D eigenvalue weighted by Crippen LogP contribution is 2.27. The molecule has 1 fully saturated rings. The van der Waals surface area contributed by atoms with Gasteiger partial charge in [0.1, 0.15) is 18.2 Å². The maximum absolute atomic E-state index is 12.8. The first-order valence-corrected chi connectivity index (χ1v) is 10.6. The van der Waals surface area contributed by atoms with Crippen LogP contribution in [0.3, 0.4) is 0 Å². The Hall–Kier alpha value is -3.07. The highest BCUT2D eigenvalue weighted by atomic mass is 16.8. The number of hydroxylamine groups is 2. The summed E-state index contributed by atoms with van der Waals surface area (Å²) in [6.07, 6.45) is 1.93. The average Bonchev–Trinajstić information content (AvgIpc) is 3.20. The van der Waals surface area contributed by atoms with Crippen molar-refractivity contribution in [3.8, 4) is 0 Å². The fourth-order valence-electron chi connectivity index (χ4n) is 3.59. The molecule has 0 radical (unpaired) electrons. The van der Waals surface area contributed by atoms with E-state index in [1.165, 1.54) is 6.92 Å². The molecule has 9 nitrogen and oxygen atoms in total. The third kappa shape index (κ3) is 5.59. The number of ether oxygens (including phenoxy) is 2. The van der Waals surface area contributed by atoms with Gasteiger partial charge in [-0.05, 0) is 71.0 Å². The highest BCUT2D eigenvalue weighted by Gasteiger charge is 2.36. The second-order valence-electron chi connectivity index (χ2n) is 9.25. The van der Waals surface area contributed by atoms with Gasteiger partial charge in [-0.1, -0.05) is 6.07 Å². The van der Waals surface area contributed by atoms with Crippen LogP contribution in [0.2, 0.25) is 0 Å². The molecular formula is C23H31N3O6. The van der Waals surface area contributed by atoms with Crippen LogP contribution in [-0.4, -0.2) is 71.6 Å². The topological polar surface area (TPSA) is 90.3 Å². The quantitative estimate of drug-likeness (QED) is 0.673. The number of benzene rings is 1. The summed E-state index contributed by atoms with van der Waals surface area (Å²) in [6, 6.07) is 5.37. The molecule has 1 aromatic carbocycles. The van der Waals surface area contributed by atoms with Crippen molar-refractivity contribution in [1.29, 1.82) is 0 Å². The Labute approximate surface area is 187 Å². The van der Waals surface area contributed by atoms with E-state index < -0.39 is 29.8 Å². The minimum Gasteiger partial charge on any atom is -0.445 e. The maximum Gasteiger partial charge on any atom is 0.443 e. The lowest BCUT2D eigenvalue weighted by atomic mass is 10.0. The van der Waals surface area contributed by atoms with E-state index >= 15 is 0 Å². The molecule has 3 rings (SSSR count). The first-order valence-electron chi connectivity index (χ1n) is 10.6. The van der Waals surface area contributed by atoms with Crippen LogP contribution >= 0.6 is 0 Å². The number of hydrogen-bond acceptors (Lipinski definition) is 7. The summed E-state index contributed by atoms with van der Waals surface area (Å²) in [7, 11) is 4.00. The van der Waals surface area contributed by atoms with E-state index in [1.807, 2.05) is 59.3 Å². The Kier molecular flexibility index (Phi) is 6.78. The zero-order valence-corrected chi connectivity index (χ0v) is 19.5. The maximum atomic E-state index is 12.8. The molecule has 1 aromatic heterocycles. The van der Waals surface area contributed by atoms with Gasteiger partial charge in [0.2, 0.25) is 0 Å². The minimum atomic E-state index is -0.672. The van der Waals surface area contributed by atoms with Gasteiger partial charge in [-0.3, -0.25) is 9.36 Å². The normalized spacial score (nSPS) is 16.5. The van der Waals surface area contributed by atoms with Crippen LogP contribution in [0.25, 0.3) is 10.9 Å². The van der Waals surface area contributed by atoms with E-state index in [0.29, 0.717) is 6.42 Å². The molecule has 0 aliphatic carbocycles. The van der Waals surface area contributed by atoms with Gasteiger partial charge in [-0.25, -0.2) is 9.59 Å². The van der Waals surface area contributed by atoms with E-state index in [9.17, 15) is 14.4 Å². The summed E-state index contributed by atoms with van der Waals surface area (Å²) in [5.41, 5.74) is 2.11. The molecule has 0 spiro atoms. The van der Waals surface area contributed by atoms with Gasteiger partial charge in [0.25, 0.3) is 0 Å². The number of rotatable bonds is 6. The SMILES string of the molecule is CC(=O)ON1C(=O)OCC1Cc1ccc2c(c1)c(CCN(C)C)cn2C(=O)OC(C)(C)C. The summed E-state index contributed by atoms with van der Waals surface area (Å²) in [5.74, 6) is -0.579. The highest BCUT2D eigenvalue weighted by molar-refractivity contribution is 5.92. The fraction of sp³-hybridized carbons (Fsp3) is 0.522. The lowest BCUT2D eigenvalue weighted by Gasteiger charge is -2.20. The van der Waals surface area contributed by atoms with Gasteiger partial charge in [0, 0.05) is 25.1 Å². The van der Waals surface area contributed by atoms with Crippen molar-refractivity contribution in [2.75, 3.05) is 27.2 Å². The van der Waals surface area contributed by atoms with Crippen molar-refractivity contribution in [2.45, 2.75) is 52.2 Å². The first kappa shape index (κ1) is 23.6. The molecule has 174 valence electrons.